The van der Waals surface area contributed by atoms with E-state index in [9.17, 15) is 9.90 Å². The average Bonchev–Trinajstić information content (AvgIpc) is 3.63. The van der Waals surface area contributed by atoms with Crippen molar-refractivity contribution in [2.75, 3.05) is 19.8 Å². The number of amides is 1. The van der Waals surface area contributed by atoms with Crippen LogP contribution in [-0.4, -0.2) is 83.8 Å². The van der Waals surface area contributed by atoms with E-state index in [4.69, 9.17) is 24.1 Å². The number of epoxide rings is 1. The van der Waals surface area contributed by atoms with Gasteiger partial charge in [-0.3, -0.25) is 0 Å². The molecule has 3 rings (SSSR count). The Morgan fingerprint density at radius 3 is 2.67 bits per heavy atom. The highest BCUT2D eigenvalue weighted by atomic mass is 16.6. The molecule has 0 radical (unpaired) electrons. The topological polar surface area (TPSA) is 122 Å². The minimum atomic E-state index is -0.654. The molecule has 9 heteroatoms. The van der Waals surface area contributed by atoms with Crippen LogP contribution in [-0.2, 0) is 18.9 Å². The van der Waals surface area contributed by atoms with Gasteiger partial charge in [-0.25, -0.2) is 4.79 Å². The van der Waals surface area contributed by atoms with Gasteiger partial charge in [-0.1, -0.05) is 37.3 Å². The normalized spacial score (nSPS) is 35.2. The molecule has 0 aromatic rings. The van der Waals surface area contributed by atoms with Crippen LogP contribution in [0.1, 0.15) is 60.8 Å². The maximum Gasteiger partial charge on any atom is 0.407 e. The zero-order valence-electron chi connectivity index (χ0n) is 24.3. The summed E-state index contributed by atoms with van der Waals surface area (Å²) in [4.78, 5) is 11.6. The highest BCUT2D eigenvalue weighted by molar-refractivity contribution is 5.67. The number of carbonyl (C=O) groups is 1. The lowest BCUT2D eigenvalue weighted by Crippen LogP contribution is -2.53. The summed E-state index contributed by atoms with van der Waals surface area (Å²) in [7, 11) is 0. The van der Waals surface area contributed by atoms with Gasteiger partial charge in [0, 0.05) is 18.7 Å². The van der Waals surface area contributed by atoms with E-state index >= 15 is 0 Å². The predicted octanol–water partition coefficient (Wildman–Crippen LogP) is 3.53. The van der Waals surface area contributed by atoms with Crippen molar-refractivity contribution >= 4 is 6.09 Å². The molecule has 0 unspecified atom stereocenters. The second kappa shape index (κ2) is 13.5. The van der Waals surface area contributed by atoms with Gasteiger partial charge >= 0.3 is 6.09 Å². The third kappa shape index (κ3) is 9.18. The molecule has 3 aliphatic heterocycles. The molecule has 3 heterocycles. The predicted molar refractivity (Wildman–Crippen MR) is 150 cm³/mol. The van der Waals surface area contributed by atoms with Crippen LogP contribution >= 0.6 is 0 Å². The number of carbonyl (C=O) groups excluding carboxylic acids is 1. The average molecular weight is 549 g/mol. The number of hydrogen-bond acceptors (Lipinski definition) is 8. The summed E-state index contributed by atoms with van der Waals surface area (Å²) in [6.45, 7) is 16.9. The third-order valence-electron chi connectivity index (χ3n) is 7.60. The standard InChI is InChI=1S/C30H48N2O7/c1-19(9-13-26-27(34)30(18-36-30)17-29(6,7)39-26)8-12-25-20(2)16-24(23(5)38-25)32-21(3)10-11-22(4)37-28(35)31-14-15-33/h8-11,13,20,22-27,32-34H,3,12,14-18H2,1-2,4-7H3,(H,31,35)/b11-10-,13-9+,19-8+/t20-,22-,23+,24+,25-,26+,27+,30+/m0/s1. The Hall–Kier alpha value is -2.17. The fraction of sp³-hybridized carbons (Fsp3) is 0.700. The fourth-order valence-electron chi connectivity index (χ4n) is 5.38. The number of aliphatic hydroxyl groups excluding tert-OH is 2. The number of ether oxygens (including phenoxy) is 4. The van der Waals surface area contributed by atoms with Crippen LogP contribution in [0.15, 0.2) is 48.2 Å². The molecule has 3 saturated heterocycles. The minimum absolute atomic E-state index is 0.00119. The number of rotatable bonds is 11. The van der Waals surface area contributed by atoms with Gasteiger partial charge < -0.3 is 39.8 Å². The Bertz CT molecular complexity index is 940. The molecular formula is C30H48N2O7. The van der Waals surface area contributed by atoms with Crippen molar-refractivity contribution in [2.45, 2.75) is 109 Å². The molecule has 1 amide bonds. The number of alkyl carbamates (subject to hydrolysis) is 1. The van der Waals surface area contributed by atoms with Crippen LogP contribution in [0.25, 0.3) is 0 Å². The summed E-state index contributed by atoms with van der Waals surface area (Å²) < 4.78 is 23.3. The Labute approximate surface area is 233 Å². The van der Waals surface area contributed by atoms with Crippen molar-refractivity contribution < 1.29 is 34.0 Å². The van der Waals surface area contributed by atoms with Gasteiger partial charge in [0.25, 0.3) is 0 Å². The first-order valence-corrected chi connectivity index (χ1v) is 14.0. The SMILES string of the molecule is C=C(/C=C\[C@H](C)OC(=O)NCCO)N[C@@H]1C[C@H](C)[C@H](C/C=C(C)/C=C/[C@H]2OC(C)(C)C[C@@]3(CO3)[C@@H]2O)O[C@@H]1C. The van der Waals surface area contributed by atoms with Gasteiger partial charge in [0.15, 0.2) is 0 Å². The lowest BCUT2D eigenvalue weighted by atomic mass is 9.83. The molecular weight excluding hydrogens is 500 g/mol. The summed E-state index contributed by atoms with van der Waals surface area (Å²) >= 11 is 0. The first-order valence-electron chi connectivity index (χ1n) is 14.0. The summed E-state index contributed by atoms with van der Waals surface area (Å²) in [6.07, 6.45) is 10.2. The van der Waals surface area contributed by atoms with Crippen LogP contribution in [0.2, 0.25) is 0 Å². The molecule has 3 aliphatic rings. The fourth-order valence-corrected chi connectivity index (χ4v) is 5.38. The van der Waals surface area contributed by atoms with Crippen molar-refractivity contribution in [2.24, 2.45) is 5.92 Å². The second-order valence-corrected chi connectivity index (χ2v) is 11.8. The van der Waals surface area contributed by atoms with E-state index in [0.29, 0.717) is 18.9 Å². The van der Waals surface area contributed by atoms with Gasteiger partial charge in [-0.15, -0.1) is 0 Å². The van der Waals surface area contributed by atoms with E-state index in [1.807, 2.05) is 26.0 Å². The summed E-state index contributed by atoms with van der Waals surface area (Å²) in [6, 6.07) is 0.118. The van der Waals surface area contributed by atoms with Crippen LogP contribution in [0.3, 0.4) is 0 Å². The minimum Gasteiger partial charge on any atom is -0.442 e. The number of nitrogens with one attached hydrogen (secondary N) is 2. The van der Waals surface area contributed by atoms with Gasteiger partial charge in [0.2, 0.25) is 0 Å². The van der Waals surface area contributed by atoms with Crippen LogP contribution in [0.4, 0.5) is 4.79 Å². The maximum atomic E-state index is 11.6. The first kappa shape index (κ1) is 31.4. The Morgan fingerprint density at radius 1 is 1.28 bits per heavy atom. The third-order valence-corrected chi connectivity index (χ3v) is 7.60. The van der Waals surface area contributed by atoms with Gasteiger partial charge in [0.05, 0.1) is 37.1 Å². The van der Waals surface area contributed by atoms with E-state index in [0.717, 1.165) is 24.1 Å². The smallest absolute Gasteiger partial charge is 0.407 e. The molecule has 0 bridgehead atoms. The number of aliphatic hydroxyl groups is 2. The molecule has 8 atom stereocenters. The molecule has 39 heavy (non-hydrogen) atoms. The Kier molecular flexibility index (Phi) is 10.8. The highest BCUT2D eigenvalue weighted by Gasteiger charge is 2.60. The van der Waals surface area contributed by atoms with E-state index < -0.39 is 30.0 Å². The van der Waals surface area contributed by atoms with Crippen LogP contribution in [0, 0.1) is 5.92 Å². The largest absolute Gasteiger partial charge is 0.442 e. The summed E-state index contributed by atoms with van der Waals surface area (Å²) in [5, 5.41) is 25.4. The van der Waals surface area contributed by atoms with E-state index in [-0.39, 0.29) is 37.0 Å². The van der Waals surface area contributed by atoms with E-state index in [1.54, 1.807) is 19.1 Å². The molecule has 0 aromatic heterocycles. The molecule has 0 saturated carbocycles. The molecule has 9 nitrogen and oxygen atoms in total. The second-order valence-electron chi connectivity index (χ2n) is 11.8. The molecule has 3 fully saturated rings. The first-order chi connectivity index (χ1) is 18.3. The maximum absolute atomic E-state index is 11.6. The molecule has 0 aromatic carbocycles. The molecule has 1 spiro atoms. The van der Waals surface area contributed by atoms with Gasteiger partial charge in [-0.2, -0.15) is 0 Å². The van der Waals surface area contributed by atoms with Crippen molar-refractivity contribution in [3.63, 3.8) is 0 Å². The number of hydrogen-bond donors (Lipinski definition) is 4. The van der Waals surface area contributed by atoms with Crippen molar-refractivity contribution in [3.05, 3.63) is 48.2 Å². The Balaban J connectivity index is 1.45. The lowest BCUT2D eigenvalue weighted by molar-refractivity contribution is -0.171. The van der Waals surface area contributed by atoms with Gasteiger partial charge in [0.1, 0.15) is 23.9 Å². The van der Waals surface area contributed by atoms with Crippen LogP contribution < -0.4 is 10.6 Å². The van der Waals surface area contributed by atoms with Crippen LogP contribution in [0.5, 0.6) is 0 Å². The monoisotopic (exact) mass is 548 g/mol. The zero-order valence-corrected chi connectivity index (χ0v) is 24.3. The highest BCUT2D eigenvalue weighted by Crippen LogP contribution is 2.46. The van der Waals surface area contributed by atoms with E-state index in [2.05, 4.69) is 44.1 Å². The zero-order chi connectivity index (χ0) is 28.8. The summed E-state index contributed by atoms with van der Waals surface area (Å²) in [5.41, 5.74) is 1.04. The van der Waals surface area contributed by atoms with Crippen molar-refractivity contribution in [1.29, 1.82) is 0 Å². The van der Waals surface area contributed by atoms with E-state index in [1.165, 1.54) is 0 Å². The lowest BCUT2D eigenvalue weighted by Gasteiger charge is -2.41. The van der Waals surface area contributed by atoms with Crippen molar-refractivity contribution in [3.8, 4) is 0 Å². The Morgan fingerprint density at radius 2 is 2.00 bits per heavy atom. The molecule has 4 N–H and O–H groups in total. The molecule has 0 aliphatic carbocycles. The quantitative estimate of drug-likeness (QED) is 0.229. The van der Waals surface area contributed by atoms with Crippen molar-refractivity contribution in [1.82, 2.24) is 10.6 Å². The summed E-state index contributed by atoms with van der Waals surface area (Å²) in [5.74, 6) is 0.345. The van der Waals surface area contributed by atoms with Gasteiger partial charge in [-0.05, 0) is 65.5 Å². The molecule has 220 valence electrons. The number of allylic oxidation sites excluding steroid dienone is 3.